The average Bonchev–Trinajstić information content (AvgIpc) is 2.33. The predicted molar refractivity (Wildman–Crippen MR) is 72.2 cm³/mol. The van der Waals surface area contributed by atoms with E-state index in [1.54, 1.807) is 24.3 Å². The zero-order valence-electron chi connectivity index (χ0n) is 10.8. The molecule has 19 heavy (non-hydrogen) atoms. The molecule has 0 bridgehead atoms. The molecule has 0 aromatic heterocycles. The zero-order valence-corrected chi connectivity index (χ0v) is 10.8. The lowest BCUT2D eigenvalue weighted by Crippen LogP contribution is -2.40. The van der Waals surface area contributed by atoms with E-state index in [0.717, 1.165) is 12.8 Å². The van der Waals surface area contributed by atoms with Crippen molar-refractivity contribution in [1.82, 2.24) is 5.32 Å². The van der Waals surface area contributed by atoms with Crippen LogP contribution in [0.1, 0.15) is 30.1 Å². The van der Waals surface area contributed by atoms with Gasteiger partial charge in [0, 0.05) is 17.8 Å². The van der Waals surface area contributed by atoms with Gasteiger partial charge < -0.3 is 15.7 Å². The van der Waals surface area contributed by atoms with E-state index < -0.39 is 0 Å². The lowest BCUT2D eigenvalue weighted by Gasteiger charge is -2.31. The third-order valence-corrected chi connectivity index (χ3v) is 3.29. The standard InChI is InChI=1S/C14H18N2O3/c1-9(17)11-3-2-4-12(7-11)16-14(19)15-8-10-5-13(18)6-10/h2-4,7,10,13,18H,5-6,8H2,1H3,(H2,15,16,19). The molecule has 0 unspecified atom stereocenters. The number of Topliss-reactive ketones (excluding diaryl/α,β-unsaturated/α-hetero) is 1. The van der Waals surface area contributed by atoms with Crippen LogP contribution in [0.2, 0.25) is 0 Å². The molecule has 0 radical (unpaired) electrons. The summed E-state index contributed by atoms with van der Waals surface area (Å²) in [6.07, 6.45) is 1.29. The number of rotatable bonds is 4. The number of urea groups is 1. The Hall–Kier alpha value is -1.88. The van der Waals surface area contributed by atoms with Crippen molar-refractivity contribution in [3.63, 3.8) is 0 Å². The normalized spacial score (nSPS) is 21.4. The maximum atomic E-state index is 11.6. The van der Waals surface area contributed by atoms with Crippen LogP contribution in [-0.4, -0.2) is 29.6 Å². The van der Waals surface area contributed by atoms with E-state index in [2.05, 4.69) is 10.6 Å². The number of ketones is 1. The first-order chi connectivity index (χ1) is 9.04. The molecule has 102 valence electrons. The Labute approximate surface area is 112 Å². The smallest absolute Gasteiger partial charge is 0.319 e. The summed E-state index contributed by atoms with van der Waals surface area (Å²) < 4.78 is 0. The summed E-state index contributed by atoms with van der Waals surface area (Å²) in [5.74, 6) is 0.330. The molecule has 2 amide bonds. The third-order valence-electron chi connectivity index (χ3n) is 3.29. The highest BCUT2D eigenvalue weighted by atomic mass is 16.3. The van der Waals surface area contributed by atoms with Crippen LogP contribution < -0.4 is 10.6 Å². The van der Waals surface area contributed by atoms with Crippen molar-refractivity contribution in [2.45, 2.75) is 25.9 Å². The Balaban J connectivity index is 1.81. The summed E-state index contributed by atoms with van der Waals surface area (Å²) in [7, 11) is 0. The molecule has 1 saturated carbocycles. The van der Waals surface area contributed by atoms with Gasteiger partial charge in [-0.1, -0.05) is 12.1 Å². The summed E-state index contributed by atoms with van der Waals surface area (Å²) in [4.78, 5) is 22.9. The molecule has 0 saturated heterocycles. The van der Waals surface area contributed by atoms with Crippen LogP contribution >= 0.6 is 0 Å². The summed E-state index contributed by atoms with van der Waals surface area (Å²) in [5, 5.41) is 14.6. The number of nitrogens with one attached hydrogen (secondary N) is 2. The molecular formula is C14H18N2O3. The van der Waals surface area contributed by atoms with Gasteiger partial charge in [0.2, 0.25) is 0 Å². The largest absolute Gasteiger partial charge is 0.393 e. The number of carbonyl (C=O) groups excluding carboxylic acids is 2. The molecule has 5 heteroatoms. The van der Waals surface area contributed by atoms with Crippen molar-refractivity contribution >= 4 is 17.5 Å². The monoisotopic (exact) mass is 262 g/mol. The summed E-state index contributed by atoms with van der Waals surface area (Å²) in [6, 6.07) is 6.53. The Kier molecular flexibility index (Phi) is 4.16. The second-order valence-corrected chi connectivity index (χ2v) is 4.96. The fourth-order valence-electron chi connectivity index (χ4n) is 2.10. The summed E-state index contributed by atoms with van der Waals surface area (Å²) in [5.41, 5.74) is 1.17. The van der Waals surface area contributed by atoms with Crippen molar-refractivity contribution in [2.75, 3.05) is 11.9 Å². The second kappa shape index (κ2) is 5.84. The second-order valence-electron chi connectivity index (χ2n) is 4.96. The van der Waals surface area contributed by atoms with Gasteiger partial charge in [-0.05, 0) is 37.8 Å². The van der Waals surface area contributed by atoms with E-state index in [0.29, 0.717) is 23.7 Å². The van der Waals surface area contributed by atoms with Gasteiger partial charge in [0.1, 0.15) is 0 Å². The molecular weight excluding hydrogens is 244 g/mol. The van der Waals surface area contributed by atoms with Gasteiger partial charge in [-0.2, -0.15) is 0 Å². The van der Waals surface area contributed by atoms with Gasteiger partial charge in [-0.15, -0.1) is 0 Å². The van der Waals surface area contributed by atoms with Crippen LogP contribution in [0.3, 0.4) is 0 Å². The number of anilines is 1. The number of hydrogen-bond acceptors (Lipinski definition) is 3. The van der Waals surface area contributed by atoms with Crippen molar-refractivity contribution in [3.8, 4) is 0 Å². The Bertz CT molecular complexity index is 481. The predicted octanol–water partition coefficient (Wildman–Crippen LogP) is 1.78. The van der Waals surface area contributed by atoms with E-state index in [4.69, 9.17) is 5.11 Å². The molecule has 1 aromatic carbocycles. The number of hydrogen-bond donors (Lipinski definition) is 3. The van der Waals surface area contributed by atoms with E-state index in [9.17, 15) is 9.59 Å². The molecule has 2 rings (SSSR count). The molecule has 0 heterocycles. The van der Waals surface area contributed by atoms with Crippen LogP contribution in [0.5, 0.6) is 0 Å². The highest BCUT2D eigenvalue weighted by Crippen LogP contribution is 2.26. The van der Waals surface area contributed by atoms with E-state index in [1.165, 1.54) is 6.92 Å². The molecule has 0 spiro atoms. The zero-order chi connectivity index (χ0) is 13.8. The Morgan fingerprint density at radius 1 is 1.37 bits per heavy atom. The molecule has 1 fully saturated rings. The number of aliphatic hydroxyl groups excluding tert-OH is 1. The highest BCUT2D eigenvalue weighted by Gasteiger charge is 2.27. The SMILES string of the molecule is CC(=O)c1cccc(NC(=O)NCC2CC(O)C2)c1. The van der Waals surface area contributed by atoms with Crippen molar-refractivity contribution in [3.05, 3.63) is 29.8 Å². The van der Waals surface area contributed by atoms with Crippen molar-refractivity contribution in [1.29, 1.82) is 0 Å². The highest BCUT2D eigenvalue weighted by molar-refractivity contribution is 5.96. The lowest BCUT2D eigenvalue weighted by molar-refractivity contribution is 0.0443. The summed E-state index contributed by atoms with van der Waals surface area (Å²) in [6.45, 7) is 2.05. The van der Waals surface area contributed by atoms with Gasteiger partial charge in [0.05, 0.1) is 6.10 Å². The molecule has 1 aromatic rings. The van der Waals surface area contributed by atoms with Gasteiger partial charge in [-0.3, -0.25) is 4.79 Å². The van der Waals surface area contributed by atoms with Crippen molar-refractivity contribution < 1.29 is 14.7 Å². The van der Waals surface area contributed by atoms with Gasteiger partial charge >= 0.3 is 6.03 Å². The first-order valence-corrected chi connectivity index (χ1v) is 6.38. The van der Waals surface area contributed by atoms with Crippen LogP contribution in [0, 0.1) is 5.92 Å². The number of amides is 2. The molecule has 0 atom stereocenters. The molecule has 5 nitrogen and oxygen atoms in total. The summed E-state index contributed by atoms with van der Waals surface area (Å²) >= 11 is 0. The maximum Gasteiger partial charge on any atom is 0.319 e. The minimum Gasteiger partial charge on any atom is -0.393 e. The minimum atomic E-state index is -0.290. The first-order valence-electron chi connectivity index (χ1n) is 6.38. The van der Waals surface area contributed by atoms with Crippen LogP contribution in [0.4, 0.5) is 10.5 Å². The Morgan fingerprint density at radius 3 is 2.74 bits per heavy atom. The Morgan fingerprint density at radius 2 is 2.11 bits per heavy atom. The molecule has 3 N–H and O–H groups in total. The lowest BCUT2D eigenvalue weighted by atomic mass is 9.82. The molecule has 0 aliphatic heterocycles. The minimum absolute atomic E-state index is 0.0347. The first kappa shape index (κ1) is 13.5. The average molecular weight is 262 g/mol. The van der Waals surface area contributed by atoms with Gasteiger partial charge in [0.25, 0.3) is 0 Å². The van der Waals surface area contributed by atoms with Crippen LogP contribution in [0.15, 0.2) is 24.3 Å². The quantitative estimate of drug-likeness (QED) is 0.724. The van der Waals surface area contributed by atoms with E-state index in [-0.39, 0.29) is 17.9 Å². The number of aliphatic hydroxyl groups is 1. The van der Waals surface area contributed by atoms with Crippen LogP contribution in [0.25, 0.3) is 0 Å². The van der Waals surface area contributed by atoms with Gasteiger partial charge in [-0.25, -0.2) is 4.79 Å². The fourth-order valence-corrected chi connectivity index (χ4v) is 2.10. The van der Waals surface area contributed by atoms with Crippen LogP contribution in [-0.2, 0) is 0 Å². The number of benzene rings is 1. The molecule has 1 aliphatic carbocycles. The number of carbonyl (C=O) groups is 2. The van der Waals surface area contributed by atoms with Crippen molar-refractivity contribution in [2.24, 2.45) is 5.92 Å². The van der Waals surface area contributed by atoms with E-state index >= 15 is 0 Å². The fraction of sp³-hybridized carbons (Fsp3) is 0.429. The topological polar surface area (TPSA) is 78.4 Å². The van der Waals surface area contributed by atoms with E-state index in [1.807, 2.05) is 0 Å². The molecule has 1 aliphatic rings. The maximum absolute atomic E-state index is 11.6. The third kappa shape index (κ3) is 3.79. The van der Waals surface area contributed by atoms with Gasteiger partial charge in [0.15, 0.2) is 5.78 Å².